The summed E-state index contributed by atoms with van der Waals surface area (Å²) in [4.78, 5) is 2.49. The molecule has 1 saturated heterocycles. The van der Waals surface area contributed by atoms with E-state index in [1.807, 2.05) is 12.1 Å². The Morgan fingerprint density at radius 1 is 1.00 bits per heavy atom. The second-order valence-corrected chi connectivity index (χ2v) is 5.68. The summed E-state index contributed by atoms with van der Waals surface area (Å²) in [6, 6.07) is 14.8. The Morgan fingerprint density at radius 2 is 1.76 bits per heavy atom. The Kier molecular flexibility index (Phi) is 2.95. The van der Waals surface area contributed by atoms with Crippen LogP contribution in [0.2, 0.25) is 0 Å². The molecule has 0 unspecified atom stereocenters. The maximum Gasteiger partial charge on any atom is 0.135 e. The van der Waals surface area contributed by atoms with Crippen LogP contribution in [-0.2, 0) is 0 Å². The number of hydrogen-bond acceptors (Lipinski definition) is 2. The molecule has 0 atom stereocenters. The number of likely N-dealkylation sites (tertiary alicyclic amines) is 1. The van der Waals surface area contributed by atoms with Gasteiger partial charge in [0.15, 0.2) is 0 Å². The number of nitrogens with zero attached hydrogens (tertiary/aromatic N) is 1. The number of furan rings is 1. The summed E-state index contributed by atoms with van der Waals surface area (Å²) in [7, 11) is 0. The number of para-hydroxylation sites is 1. The highest BCUT2D eigenvalue weighted by Crippen LogP contribution is 2.32. The van der Waals surface area contributed by atoms with E-state index in [4.69, 9.17) is 4.42 Å². The van der Waals surface area contributed by atoms with Gasteiger partial charge in [-0.25, -0.2) is 0 Å². The first kappa shape index (κ1) is 12.5. The predicted molar refractivity (Wildman–Crippen MR) is 88.2 cm³/mol. The van der Waals surface area contributed by atoms with Crippen molar-refractivity contribution in [3.8, 4) is 0 Å². The average molecular weight is 277 g/mol. The van der Waals surface area contributed by atoms with Crippen LogP contribution in [-0.4, -0.2) is 18.0 Å². The van der Waals surface area contributed by atoms with Crippen LogP contribution in [0.1, 0.15) is 25.3 Å². The van der Waals surface area contributed by atoms with Gasteiger partial charge in [0, 0.05) is 29.6 Å². The van der Waals surface area contributed by atoms with Gasteiger partial charge in [-0.2, -0.15) is 0 Å². The van der Waals surface area contributed by atoms with E-state index in [9.17, 15) is 0 Å². The zero-order valence-electron chi connectivity index (χ0n) is 12.3. The zero-order chi connectivity index (χ0) is 14.2. The molecule has 106 valence electrons. The van der Waals surface area contributed by atoms with Crippen molar-refractivity contribution in [3.63, 3.8) is 0 Å². The monoisotopic (exact) mass is 277 g/mol. The van der Waals surface area contributed by atoms with E-state index in [0.717, 1.165) is 11.2 Å². The van der Waals surface area contributed by atoms with Crippen LogP contribution in [0.25, 0.3) is 27.6 Å². The Morgan fingerprint density at radius 3 is 2.57 bits per heavy atom. The molecule has 0 amide bonds. The summed E-state index contributed by atoms with van der Waals surface area (Å²) in [6.45, 7) is 4.47. The van der Waals surface area contributed by atoms with E-state index in [1.165, 1.54) is 48.0 Å². The average Bonchev–Trinajstić information content (AvgIpc) is 3.15. The van der Waals surface area contributed by atoms with Crippen LogP contribution >= 0.6 is 0 Å². The topological polar surface area (TPSA) is 16.4 Å². The fraction of sp³-hybridized carbons (Fsp3) is 0.263. The molecule has 21 heavy (non-hydrogen) atoms. The highest BCUT2D eigenvalue weighted by atomic mass is 16.3. The lowest BCUT2D eigenvalue weighted by molar-refractivity contribution is 0.492. The Labute approximate surface area is 124 Å². The predicted octanol–water partition coefficient (Wildman–Crippen LogP) is 5.04. The van der Waals surface area contributed by atoms with Crippen LogP contribution in [0.4, 0.5) is 0 Å². The third kappa shape index (κ3) is 2.02. The summed E-state index contributed by atoms with van der Waals surface area (Å²) >= 11 is 0. The number of hydrogen-bond donors (Lipinski definition) is 0. The van der Waals surface area contributed by atoms with E-state index in [-0.39, 0.29) is 0 Å². The third-order valence-corrected chi connectivity index (χ3v) is 4.39. The summed E-state index contributed by atoms with van der Waals surface area (Å²) in [6.07, 6.45) is 4.83. The molecule has 0 aliphatic carbocycles. The maximum absolute atomic E-state index is 5.91. The van der Waals surface area contributed by atoms with Crippen LogP contribution in [0, 0.1) is 0 Å². The minimum Gasteiger partial charge on any atom is -0.456 e. The molecule has 0 N–H and O–H groups in total. The van der Waals surface area contributed by atoms with Crippen molar-refractivity contribution in [1.29, 1.82) is 0 Å². The summed E-state index contributed by atoms with van der Waals surface area (Å²) in [5.41, 5.74) is 4.57. The molecule has 0 spiro atoms. The number of allylic oxidation sites excluding steroid dienone is 1. The molecule has 2 nitrogen and oxygen atoms in total. The molecule has 1 aliphatic rings. The summed E-state index contributed by atoms with van der Waals surface area (Å²) in [5, 5.41) is 2.41. The van der Waals surface area contributed by atoms with E-state index in [0.29, 0.717) is 0 Å². The zero-order valence-corrected chi connectivity index (χ0v) is 12.3. The minimum absolute atomic E-state index is 0.966. The first-order chi connectivity index (χ1) is 10.4. The Hall–Kier alpha value is -2.22. The molecule has 2 heterocycles. The van der Waals surface area contributed by atoms with Crippen LogP contribution in [0.5, 0.6) is 0 Å². The van der Waals surface area contributed by atoms with Crippen molar-refractivity contribution < 1.29 is 4.42 Å². The van der Waals surface area contributed by atoms with Gasteiger partial charge in [-0.1, -0.05) is 24.3 Å². The van der Waals surface area contributed by atoms with Crippen molar-refractivity contribution in [2.75, 3.05) is 13.1 Å². The third-order valence-electron chi connectivity index (χ3n) is 4.39. The van der Waals surface area contributed by atoms with Crippen LogP contribution in [0.15, 0.2) is 53.0 Å². The summed E-state index contributed by atoms with van der Waals surface area (Å²) < 4.78 is 5.91. The molecular weight excluding hydrogens is 258 g/mol. The van der Waals surface area contributed by atoms with Crippen molar-refractivity contribution in [3.05, 3.63) is 54.1 Å². The maximum atomic E-state index is 5.91. The second-order valence-electron chi connectivity index (χ2n) is 5.68. The van der Waals surface area contributed by atoms with Gasteiger partial charge in [-0.3, -0.25) is 0 Å². The van der Waals surface area contributed by atoms with E-state index in [1.54, 1.807) is 0 Å². The van der Waals surface area contributed by atoms with Crippen LogP contribution in [0.3, 0.4) is 0 Å². The lowest BCUT2D eigenvalue weighted by Gasteiger charge is -2.21. The van der Waals surface area contributed by atoms with Gasteiger partial charge in [0.25, 0.3) is 0 Å². The van der Waals surface area contributed by atoms with Crippen molar-refractivity contribution in [2.24, 2.45) is 0 Å². The largest absolute Gasteiger partial charge is 0.456 e. The van der Waals surface area contributed by atoms with Crippen molar-refractivity contribution >= 4 is 27.6 Å². The van der Waals surface area contributed by atoms with Crippen molar-refractivity contribution in [1.82, 2.24) is 4.90 Å². The van der Waals surface area contributed by atoms with Gasteiger partial charge >= 0.3 is 0 Å². The van der Waals surface area contributed by atoms with Gasteiger partial charge in [-0.05, 0) is 49.6 Å². The van der Waals surface area contributed by atoms with Crippen LogP contribution < -0.4 is 0 Å². The lowest BCUT2D eigenvalue weighted by atomic mass is 10.1. The van der Waals surface area contributed by atoms with Gasteiger partial charge in [-0.15, -0.1) is 0 Å². The van der Waals surface area contributed by atoms with Crippen molar-refractivity contribution in [2.45, 2.75) is 19.8 Å². The standard InChI is InChI=1S/C19H19NO/c1-2-17(20-11-5-6-12-20)14-9-10-19-16(13-14)15-7-3-4-8-18(15)21-19/h2-4,7-10,13H,5-6,11-12H2,1H3/b17-2-. The van der Waals surface area contributed by atoms with Gasteiger partial charge < -0.3 is 9.32 Å². The van der Waals surface area contributed by atoms with Gasteiger partial charge in [0.2, 0.25) is 0 Å². The molecule has 1 fully saturated rings. The number of benzene rings is 2. The molecule has 0 saturated carbocycles. The second kappa shape index (κ2) is 4.96. The SMILES string of the molecule is C/C=C(/c1ccc2oc3ccccc3c2c1)N1CCCC1. The highest BCUT2D eigenvalue weighted by Gasteiger charge is 2.16. The Balaban J connectivity index is 1.87. The summed E-state index contributed by atoms with van der Waals surface area (Å²) in [5.74, 6) is 0. The molecule has 1 aromatic heterocycles. The fourth-order valence-corrected chi connectivity index (χ4v) is 3.38. The molecule has 2 aromatic carbocycles. The fourth-order valence-electron chi connectivity index (χ4n) is 3.38. The minimum atomic E-state index is 0.966. The Bertz CT molecular complexity index is 822. The molecular formula is C19H19NO. The van der Waals surface area contributed by atoms with E-state index < -0.39 is 0 Å². The first-order valence-electron chi connectivity index (χ1n) is 7.70. The molecule has 3 aromatic rings. The molecule has 0 radical (unpaired) electrons. The molecule has 4 rings (SSSR count). The van der Waals surface area contributed by atoms with Gasteiger partial charge in [0.1, 0.15) is 11.2 Å². The molecule has 0 bridgehead atoms. The lowest BCUT2D eigenvalue weighted by Crippen LogP contribution is -2.17. The van der Waals surface area contributed by atoms with E-state index in [2.05, 4.69) is 48.2 Å². The quantitative estimate of drug-likeness (QED) is 0.652. The smallest absolute Gasteiger partial charge is 0.135 e. The van der Waals surface area contributed by atoms with E-state index >= 15 is 0 Å². The molecule has 1 aliphatic heterocycles. The number of rotatable bonds is 2. The van der Waals surface area contributed by atoms with Gasteiger partial charge in [0.05, 0.1) is 0 Å². The number of fused-ring (bicyclic) bond motifs is 3. The first-order valence-corrected chi connectivity index (χ1v) is 7.70. The molecule has 2 heteroatoms. The highest BCUT2D eigenvalue weighted by molar-refractivity contribution is 6.05. The normalized spacial score (nSPS) is 16.2.